The van der Waals surface area contributed by atoms with Crippen molar-refractivity contribution in [2.75, 3.05) is 16.0 Å². The van der Waals surface area contributed by atoms with E-state index >= 15 is 0 Å². The number of nitrogens with zero attached hydrogens (tertiary/aromatic N) is 2. The molecule has 0 aliphatic carbocycles. The third-order valence-corrected chi connectivity index (χ3v) is 7.30. The van der Waals surface area contributed by atoms with Gasteiger partial charge in [0.25, 0.3) is 5.91 Å². The van der Waals surface area contributed by atoms with Gasteiger partial charge in [0.2, 0.25) is 0 Å². The molecule has 0 saturated carbocycles. The van der Waals surface area contributed by atoms with Gasteiger partial charge in [-0.1, -0.05) is 60.7 Å². The summed E-state index contributed by atoms with van der Waals surface area (Å²) in [5.41, 5.74) is 6.90. The molecule has 0 spiro atoms. The minimum absolute atomic E-state index is 0.167. The van der Waals surface area contributed by atoms with E-state index in [9.17, 15) is 14.4 Å². The van der Waals surface area contributed by atoms with Crippen LogP contribution in [0.4, 0.5) is 16.2 Å². The number of hydrazone groups is 1. The minimum atomic E-state index is -0.945. The molecule has 8 nitrogen and oxygen atoms in total. The number of anilines is 2. The Morgan fingerprint density at radius 1 is 0.850 bits per heavy atom. The van der Waals surface area contributed by atoms with Crippen LogP contribution < -0.4 is 15.6 Å². The number of urea groups is 1. The number of amides is 3. The Morgan fingerprint density at radius 3 is 2.25 bits per heavy atom. The zero-order chi connectivity index (χ0) is 27.9. The van der Waals surface area contributed by atoms with Crippen LogP contribution in [0.5, 0.6) is 0 Å². The summed E-state index contributed by atoms with van der Waals surface area (Å²) >= 11 is 1.63. The Hall–Kier alpha value is -4.89. The first-order valence-corrected chi connectivity index (χ1v) is 13.6. The molecule has 4 aromatic carbocycles. The second-order valence-electron chi connectivity index (χ2n) is 9.05. The van der Waals surface area contributed by atoms with Gasteiger partial charge in [-0.2, -0.15) is 5.10 Å². The van der Waals surface area contributed by atoms with Crippen LogP contribution >= 0.6 is 11.8 Å². The van der Waals surface area contributed by atoms with E-state index in [0.717, 1.165) is 33.9 Å². The number of carboxylic acids is 1. The van der Waals surface area contributed by atoms with Gasteiger partial charge < -0.3 is 15.3 Å². The molecule has 0 atom stereocenters. The maximum atomic E-state index is 13.5. The van der Waals surface area contributed by atoms with Crippen LogP contribution in [0.2, 0.25) is 0 Å². The molecule has 200 valence electrons. The van der Waals surface area contributed by atoms with Crippen LogP contribution in [0.1, 0.15) is 27.0 Å². The number of carboxylic acid groups (broad SMARTS) is 1. The second kappa shape index (κ2) is 12.3. The molecule has 1 heterocycles. The normalized spacial score (nSPS) is 13.2. The number of rotatable bonds is 9. The van der Waals surface area contributed by atoms with E-state index in [1.165, 1.54) is 0 Å². The Morgan fingerprint density at radius 2 is 1.55 bits per heavy atom. The molecule has 5 rings (SSSR count). The lowest BCUT2D eigenvalue weighted by Crippen LogP contribution is -2.32. The molecule has 0 unspecified atom stereocenters. The average Bonchev–Trinajstić information content (AvgIpc) is 3.22. The van der Waals surface area contributed by atoms with Crippen molar-refractivity contribution in [2.24, 2.45) is 5.10 Å². The molecule has 0 aromatic heterocycles. The maximum absolute atomic E-state index is 13.5. The van der Waals surface area contributed by atoms with Crippen LogP contribution in [-0.2, 0) is 17.8 Å². The molecule has 0 bridgehead atoms. The summed E-state index contributed by atoms with van der Waals surface area (Å²) in [4.78, 5) is 39.7. The van der Waals surface area contributed by atoms with E-state index < -0.39 is 12.0 Å². The molecule has 0 radical (unpaired) electrons. The molecular weight excluding hydrogens is 524 g/mol. The van der Waals surface area contributed by atoms with Crippen LogP contribution in [0.3, 0.4) is 0 Å². The predicted molar refractivity (Wildman–Crippen MR) is 157 cm³/mol. The van der Waals surface area contributed by atoms with Gasteiger partial charge in [0.15, 0.2) is 5.71 Å². The van der Waals surface area contributed by atoms with Crippen molar-refractivity contribution in [3.05, 3.63) is 125 Å². The van der Waals surface area contributed by atoms with Gasteiger partial charge in [0.05, 0.1) is 17.8 Å². The molecule has 4 aromatic rings. The van der Waals surface area contributed by atoms with E-state index in [1.54, 1.807) is 40.9 Å². The van der Waals surface area contributed by atoms with Gasteiger partial charge in [0, 0.05) is 21.9 Å². The fourth-order valence-corrected chi connectivity index (χ4v) is 5.24. The van der Waals surface area contributed by atoms with Gasteiger partial charge in [-0.05, 0) is 60.0 Å². The third kappa shape index (κ3) is 6.39. The van der Waals surface area contributed by atoms with E-state index in [2.05, 4.69) is 15.8 Å². The summed E-state index contributed by atoms with van der Waals surface area (Å²) in [6.45, 7) is 0.376. The molecular formula is C31H26N4O4S. The van der Waals surface area contributed by atoms with Crippen molar-refractivity contribution in [2.45, 2.75) is 17.9 Å². The highest BCUT2D eigenvalue weighted by molar-refractivity contribution is 7.99. The van der Waals surface area contributed by atoms with Gasteiger partial charge >= 0.3 is 12.0 Å². The number of carbonyl (C=O) groups excluding carboxylic acids is 2. The van der Waals surface area contributed by atoms with Crippen LogP contribution in [0, 0.1) is 0 Å². The van der Waals surface area contributed by atoms with Gasteiger partial charge in [0.1, 0.15) is 0 Å². The van der Waals surface area contributed by atoms with Crippen LogP contribution in [0.25, 0.3) is 0 Å². The van der Waals surface area contributed by atoms with Crippen molar-refractivity contribution in [1.82, 2.24) is 5.43 Å². The number of aryl methyl sites for hydroxylation is 1. The number of thioether (sulfide) groups is 1. The Balaban J connectivity index is 1.33. The lowest BCUT2D eigenvalue weighted by atomic mass is 10.1. The van der Waals surface area contributed by atoms with E-state index in [0.29, 0.717) is 17.8 Å². The van der Waals surface area contributed by atoms with Crippen molar-refractivity contribution in [3.63, 3.8) is 0 Å². The fraction of sp³-hybridized carbons (Fsp3) is 0.0968. The zero-order valence-corrected chi connectivity index (χ0v) is 22.2. The topological polar surface area (TPSA) is 111 Å². The van der Waals surface area contributed by atoms with E-state index in [-0.39, 0.29) is 17.2 Å². The molecule has 9 heteroatoms. The number of carbonyl (C=O) groups is 3. The number of hydrogen-bond acceptors (Lipinski definition) is 5. The summed E-state index contributed by atoms with van der Waals surface area (Å²) < 4.78 is 0. The molecule has 1 aliphatic rings. The molecule has 1 aliphatic heterocycles. The second-order valence-corrected chi connectivity index (χ2v) is 10.2. The standard InChI is InChI=1S/C31H26N4O4S/c36-29-28(33-34-31(39)32-24-9-5-2-6-10-24)26-19-25(40-18-17-21-11-13-23(14-12-21)30(37)38)15-16-27(26)35(29)20-22-7-3-1-4-8-22/h1-16,19H,17-18,20H2,(H,37,38)(H2,32,34,39). The van der Waals surface area contributed by atoms with Crippen molar-refractivity contribution in [3.8, 4) is 0 Å². The number of fused-ring (bicyclic) bond motifs is 1. The quantitative estimate of drug-likeness (QED) is 0.180. The number of para-hydroxylation sites is 1. The Kier molecular flexibility index (Phi) is 8.22. The van der Waals surface area contributed by atoms with Crippen LogP contribution in [-0.4, -0.2) is 34.5 Å². The van der Waals surface area contributed by atoms with E-state index in [4.69, 9.17) is 5.11 Å². The summed E-state index contributed by atoms with van der Waals surface area (Å²) in [5, 5.41) is 16.0. The smallest absolute Gasteiger partial charge is 0.339 e. The lowest BCUT2D eigenvalue weighted by molar-refractivity contribution is -0.112. The monoisotopic (exact) mass is 550 g/mol. The predicted octanol–water partition coefficient (Wildman–Crippen LogP) is 5.79. The molecule has 0 fully saturated rings. The van der Waals surface area contributed by atoms with Crippen molar-refractivity contribution < 1.29 is 19.5 Å². The van der Waals surface area contributed by atoms with Gasteiger partial charge in [-0.15, -0.1) is 11.8 Å². The van der Waals surface area contributed by atoms with Gasteiger partial charge in [-0.25, -0.2) is 15.0 Å². The average molecular weight is 551 g/mol. The largest absolute Gasteiger partial charge is 0.478 e. The van der Waals surface area contributed by atoms with Gasteiger partial charge in [-0.3, -0.25) is 4.79 Å². The first-order chi connectivity index (χ1) is 19.5. The summed E-state index contributed by atoms with van der Waals surface area (Å²) in [7, 11) is 0. The highest BCUT2D eigenvalue weighted by atomic mass is 32.2. The Labute approximate surface area is 235 Å². The fourth-order valence-electron chi connectivity index (χ4n) is 4.30. The van der Waals surface area contributed by atoms with E-state index in [1.807, 2.05) is 78.9 Å². The first kappa shape index (κ1) is 26.7. The molecule has 0 saturated heterocycles. The summed E-state index contributed by atoms with van der Waals surface area (Å²) in [5.74, 6) is -0.476. The SMILES string of the molecule is O=C(NN=C1C(=O)N(Cc2ccccc2)c2ccc(SCCc3ccc(C(=O)O)cc3)cc21)Nc1ccccc1. The van der Waals surface area contributed by atoms with Crippen molar-refractivity contribution >= 4 is 46.8 Å². The summed E-state index contributed by atoms with van der Waals surface area (Å²) in [6.07, 6.45) is 0.753. The van der Waals surface area contributed by atoms with Crippen LogP contribution in [0.15, 0.2) is 113 Å². The lowest BCUT2D eigenvalue weighted by Gasteiger charge is -2.17. The number of nitrogens with one attached hydrogen (secondary N) is 2. The summed E-state index contributed by atoms with van der Waals surface area (Å²) in [6, 6.07) is 30.8. The number of hydrogen-bond donors (Lipinski definition) is 3. The number of aromatic carboxylic acids is 1. The first-order valence-electron chi connectivity index (χ1n) is 12.6. The Bertz CT molecular complexity index is 1560. The molecule has 3 N–H and O–H groups in total. The third-order valence-electron chi connectivity index (χ3n) is 6.31. The maximum Gasteiger partial charge on any atom is 0.339 e. The minimum Gasteiger partial charge on any atom is -0.478 e. The zero-order valence-electron chi connectivity index (χ0n) is 21.4. The highest BCUT2D eigenvalue weighted by Crippen LogP contribution is 2.34. The molecule has 3 amide bonds. The number of benzene rings is 4. The van der Waals surface area contributed by atoms with Crippen molar-refractivity contribution in [1.29, 1.82) is 0 Å². The molecule has 40 heavy (non-hydrogen) atoms. The highest BCUT2D eigenvalue weighted by Gasteiger charge is 2.34.